The summed E-state index contributed by atoms with van der Waals surface area (Å²) < 4.78 is 4.59. The predicted molar refractivity (Wildman–Crippen MR) is 73.7 cm³/mol. The van der Waals surface area contributed by atoms with E-state index < -0.39 is 0 Å². The number of rotatable bonds is 5. The molecule has 0 aromatic heterocycles. The van der Waals surface area contributed by atoms with E-state index in [1.807, 2.05) is 12.1 Å². The number of benzene rings is 2. The molecule has 94 valence electrons. The normalized spacial score (nSPS) is 10.3. The average molecular weight is 243 g/mol. The Morgan fingerprint density at radius 2 is 1.94 bits per heavy atom. The van der Waals surface area contributed by atoms with Crippen LogP contribution in [0.2, 0.25) is 0 Å². The predicted octanol–water partition coefficient (Wildman–Crippen LogP) is 3.20. The summed E-state index contributed by atoms with van der Waals surface area (Å²) in [6.45, 7) is 0.771. The molecule has 0 saturated carbocycles. The zero-order chi connectivity index (χ0) is 12.8. The molecule has 0 radical (unpaired) electrons. The minimum atomic E-state index is -0.157. The van der Waals surface area contributed by atoms with E-state index in [0.29, 0.717) is 6.42 Å². The van der Waals surface area contributed by atoms with Crippen molar-refractivity contribution in [2.24, 2.45) is 0 Å². The zero-order valence-corrected chi connectivity index (χ0v) is 10.5. The first-order valence-electron chi connectivity index (χ1n) is 6.09. The Morgan fingerprint density at radius 1 is 1.17 bits per heavy atom. The number of anilines is 1. The number of nitrogens with one attached hydrogen (secondary N) is 1. The Bertz CT molecular complexity index is 537. The summed E-state index contributed by atoms with van der Waals surface area (Å²) in [7, 11) is 1.42. The lowest BCUT2D eigenvalue weighted by Crippen LogP contribution is -2.06. The van der Waals surface area contributed by atoms with Gasteiger partial charge in [-0.3, -0.25) is 4.79 Å². The smallest absolute Gasteiger partial charge is 0.305 e. The van der Waals surface area contributed by atoms with Crippen LogP contribution in [0.15, 0.2) is 42.5 Å². The third-order valence-corrected chi connectivity index (χ3v) is 2.86. The maximum Gasteiger partial charge on any atom is 0.305 e. The summed E-state index contributed by atoms with van der Waals surface area (Å²) in [5.41, 5.74) is 1.08. The number of carbonyl (C=O) groups is 1. The Hall–Kier alpha value is -2.03. The number of esters is 1. The number of methoxy groups -OCH3 is 1. The highest BCUT2D eigenvalue weighted by atomic mass is 16.5. The Kier molecular flexibility index (Phi) is 4.18. The summed E-state index contributed by atoms with van der Waals surface area (Å²) in [4.78, 5) is 10.9. The molecule has 0 aliphatic carbocycles. The monoisotopic (exact) mass is 243 g/mol. The minimum Gasteiger partial charge on any atom is -0.469 e. The van der Waals surface area contributed by atoms with Crippen molar-refractivity contribution in [3.05, 3.63) is 42.5 Å². The average Bonchev–Trinajstić information content (AvgIpc) is 2.43. The van der Waals surface area contributed by atoms with Gasteiger partial charge in [0.25, 0.3) is 0 Å². The molecule has 0 amide bonds. The number of hydrogen-bond donors (Lipinski definition) is 1. The minimum absolute atomic E-state index is 0.157. The highest BCUT2D eigenvalue weighted by Gasteiger charge is 1.99. The molecule has 0 saturated heterocycles. The fraction of sp³-hybridized carbons (Fsp3) is 0.267. The Morgan fingerprint density at radius 3 is 2.72 bits per heavy atom. The molecule has 0 aliphatic rings. The Labute approximate surface area is 107 Å². The summed E-state index contributed by atoms with van der Waals surface area (Å²) in [5.74, 6) is -0.157. The fourth-order valence-corrected chi connectivity index (χ4v) is 1.87. The topological polar surface area (TPSA) is 38.3 Å². The maximum absolute atomic E-state index is 10.9. The van der Waals surface area contributed by atoms with Crippen LogP contribution in [-0.2, 0) is 9.53 Å². The number of hydrogen-bond acceptors (Lipinski definition) is 3. The molecule has 2 aromatic rings. The molecule has 3 heteroatoms. The molecular weight excluding hydrogens is 226 g/mol. The van der Waals surface area contributed by atoms with Crippen LogP contribution in [0.25, 0.3) is 10.8 Å². The van der Waals surface area contributed by atoms with Crippen LogP contribution in [0.1, 0.15) is 12.8 Å². The second-order valence-electron chi connectivity index (χ2n) is 4.17. The SMILES string of the molecule is COC(=O)CCCNc1ccc2ccccc2c1. The van der Waals surface area contributed by atoms with E-state index in [0.717, 1.165) is 18.7 Å². The van der Waals surface area contributed by atoms with E-state index in [-0.39, 0.29) is 5.97 Å². The van der Waals surface area contributed by atoms with E-state index >= 15 is 0 Å². The molecule has 2 rings (SSSR count). The van der Waals surface area contributed by atoms with Crippen molar-refractivity contribution < 1.29 is 9.53 Å². The van der Waals surface area contributed by atoms with Gasteiger partial charge >= 0.3 is 5.97 Å². The zero-order valence-electron chi connectivity index (χ0n) is 10.5. The second kappa shape index (κ2) is 6.05. The first-order chi connectivity index (χ1) is 8.79. The third-order valence-electron chi connectivity index (χ3n) is 2.86. The summed E-state index contributed by atoms with van der Waals surface area (Å²) in [5, 5.41) is 5.76. The van der Waals surface area contributed by atoms with Crippen molar-refractivity contribution >= 4 is 22.4 Å². The van der Waals surface area contributed by atoms with Gasteiger partial charge in [0.1, 0.15) is 0 Å². The Balaban J connectivity index is 1.90. The molecule has 0 aliphatic heterocycles. The molecule has 0 atom stereocenters. The molecule has 2 aromatic carbocycles. The lowest BCUT2D eigenvalue weighted by atomic mass is 10.1. The van der Waals surface area contributed by atoms with Crippen molar-refractivity contribution in [2.45, 2.75) is 12.8 Å². The van der Waals surface area contributed by atoms with Crippen LogP contribution in [0, 0.1) is 0 Å². The summed E-state index contributed by atoms with van der Waals surface area (Å²) >= 11 is 0. The summed E-state index contributed by atoms with van der Waals surface area (Å²) in [6.07, 6.45) is 1.23. The number of fused-ring (bicyclic) bond motifs is 1. The van der Waals surface area contributed by atoms with Gasteiger partial charge in [-0.1, -0.05) is 30.3 Å². The van der Waals surface area contributed by atoms with Gasteiger partial charge in [-0.25, -0.2) is 0 Å². The van der Waals surface area contributed by atoms with E-state index in [2.05, 4.69) is 40.4 Å². The van der Waals surface area contributed by atoms with E-state index in [4.69, 9.17) is 0 Å². The largest absolute Gasteiger partial charge is 0.469 e. The molecule has 0 spiro atoms. The highest BCUT2D eigenvalue weighted by Crippen LogP contribution is 2.18. The van der Waals surface area contributed by atoms with Crippen LogP contribution >= 0.6 is 0 Å². The quantitative estimate of drug-likeness (QED) is 0.647. The first kappa shape index (κ1) is 12.4. The molecular formula is C15H17NO2. The van der Waals surface area contributed by atoms with Crippen LogP contribution in [-0.4, -0.2) is 19.6 Å². The van der Waals surface area contributed by atoms with Gasteiger partial charge in [0, 0.05) is 18.7 Å². The van der Waals surface area contributed by atoms with E-state index in [1.54, 1.807) is 0 Å². The van der Waals surface area contributed by atoms with Crippen LogP contribution < -0.4 is 5.32 Å². The molecule has 0 fully saturated rings. The molecule has 18 heavy (non-hydrogen) atoms. The lowest BCUT2D eigenvalue weighted by Gasteiger charge is -2.07. The highest BCUT2D eigenvalue weighted by molar-refractivity contribution is 5.85. The first-order valence-corrected chi connectivity index (χ1v) is 6.09. The van der Waals surface area contributed by atoms with Gasteiger partial charge in [0.2, 0.25) is 0 Å². The van der Waals surface area contributed by atoms with Crippen molar-refractivity contribution in [1.29, 1.82) is 0 Å². The van der Waals surface area contributed by atoms with Gasteiger partial charge in [-0.2, -0.15) is 0 Å². The van der Waals surface area contributed by atoms with Gasteiger partial charge < -0.3 is 10.1 Å². The van der Waals surface area contributed by atoms with Gasteiger partial charge in [0.05, 0.1) is 7.11 Å². The molecule has 3 nitrogen and oxygen atoms in total. The van der Waals surface area contributed by atoms with Crippen LogP contribution in [0.3, 0.4) is 0 Å². The van der Waals surface area contributed by atoms with Crippen molar-refractivity contribution in [1.82, 2.24) is 0 Å². The molecule has 0 heterocycles. The molecule has 1 N–H and O–H groups in total. The number of ether oxygens (including phenoxy) is 1. The van der Waals surface area contributed by atoms with Gasteiger partial charge in [-0.05, 0) is 29.3 Å². The van der Waals surface area contributed by atoms with E-state index in [9.17, 15) is 4.79 Å². The van der Waals surface area contributed by atoms with Crippen molar-refractivity contribution in [3.8, 4) is 0 Å². The lowest BCUT2D eigenvalue weighted by molar-refractivity contribution is -0.140. The van der Waals surface area contributed by atoms with E-state index in [1.165, 1.54) is 17.9 Å². The number of carbonyl (C=O) groups excluding carboxylic acids is 1. The second-order valence-corrected chi connectivity index (χ2v) is 4.17. The third kappa shape index (κ3) is 3.23. The summed E-state index contributed by atoms with van der Waals surface area (Å²) in [6, 6.07) is 14.5. The molecule has 0 bridgehead atoms. The van der Waals surface area contributed by atoms with Gasteiger partial charge in [0.15, 0.2) is 0 Å². The van der Waals surface area contributed by atoms with Crippen LogP contribution in [0.5, 0.6) is 0 Å². The fourth-order valence-electron chi connectivity index (χ4n) is 1.87. The van der Waals surface area contributed by atoms with Crippen molar-refractivity contribution in [2.75, 3.05) is 19.0 Å². The molecule has 0 unspecified atom stereocenters. The van der Waals surface area contributed by atoms with Crippen LogP contribution in [0.4, 0.5) is 5.69 Å². The standard InChI is InChI=1S/C15H17NO2/c1-18-15(17)7-4-10-16-14-9-8-12-5-2-3-6-13(12)11-14/h2-3,5-6,8-9,11,16H,4,7,10H2,1H3. The maximum atomic E-state index is 10.9. The van der Waals surface area contributed by atoms with Crippen molar-refractivity contribution in [3.63, 3.8) is 0 Å². The van der Waals surface area contributed by atoms with Gasteiger partial charge in [-0.15, -0.1) is 0 Å².